The first-order chi connectivity index (χ1) is 17.6. The van der Waals surface area contributed by atoms with Gasteiger partial charge in [0, 0.05) is 31.9 Å². The molecule has 1 saturated carbocycles. The molecule has 3 atom stereocenters. The highest BCUT2D eigenvalue weighted by molar-refractivity contribution is 6.42. The van der Waals surface area contributed by atoms with Gasteiger partial charge < -0.3 is 34.6 Å². The molecule has 4 rings (SSSR count). The third-order valence-corrected chi connectivity index (χ3v) is 8.60. The molecule has 3 unspecified atom stereocenters. The molecule has 37 heavy (non-hydrogen) atoms. The van der Waals surface area contributed by atoms with E-state index in [0.29, 0.717) is 48.3 Å². The molecule has 0 aromatic heterocycles. The monoisotopic (exact) mass is 556 g/mol. The van der Waals surface area contributed by atoms with Gasteiger partial charge in [-0.25, -0.2) is 9.59 Å². The molecule has 3 fully saturated rings. The molecule has 1 spiro atoms. The molecule has 2 heterocycles. The van der Waals surface area contributed by atoms with E-state index < -0.39 is 18.2 Å². The number of methoxy groups -OCH3 is 1. The number of benzene rings is 1. The molecule has 1 aromatic carbocycles. The fraction of sp³-hybridized carbons (Fsp3) is 0.640. The molecule has 12 heteroatoms. The summed E-state index contributed by atoms with van der Waals surface area (Å²) in [4.78, 5) is 43.3. The number of piperidine rings is 1. The van der Waals surface area contributed by atoms with E-state index >= 15 is 0 Å². The number of rotatable bonds is 7. The summed E-state index contributed by atoms with van der Waals surface area (Å²) in [6.07, 6.45) is 2.57. The summed E-state index contributed by atoms with van der Waals surface area (Å²) in [5.74, 6) is -0.232. The Morgan fingerprint density at radius 2 is 1.95 bits per heavy atom. The van der Waals surface area contributed by atoms with E-state index in [2.05, 4.69) is 15.0 Å². The van der Waals surface area contributed by atoms with Crippen molar-refractivity contribution in [3.63, 3.8) is 0 Å². The van der Waals surface area contributed by atoms with Gasteiger partial charge >= 0.3 is 12.2 Å². The van der Waals surface area contributed by atoms with Crippen molar-refractivity contribution >= 4 is 47.0 Å². The zero-order chi connectivity index (χ0) is 26.7. The van der Waals surface area contributed by atoms with Crippen molar-refractivity contribution < 1.29 is 29.0 Å². The van der Waals surface area contributed by atoms with Crippen LogP contribution in [-0.4, -0.2) is 103 Å². The number of nitrogens with one attached hydrogen (secondary N) is 1. The lowest BCUT2D eigenvalue weighted by Gasteiger charge is -2.43. The molecule has 10 nitrogen and oxygen atoms in total. The van der Waals surface area contributed by atoms with Gasteiger partial charge in [-0.05, 0) is 62.8 Å². The standard InChI is InChI=1S/C25H34Cl2N4O6/c1-16-22(33)31(12-11-30(16)23(34)28-17-3-4-19(26)20(27)13-17)18(15-37-24(35)36-2)5-9-29-10-8-25(6-7-25)21(32)14-29/h3-4,13,16,18,21,32H,5-12,14-15H2,1-2H3,(H,28,34). The molecule has 2 N–H and O–H groups in total. The van der Waals surface area contributed by atoms with Gasteiger partial charge in [0.1, 0.15) is 12.6 Å². The predicted octanol–water partition coefficient (Wildman–Crippen LogP) is 3.45. The minimum absolute atomic E-state index is 0.0130. The van der Waals surface area contributed by atoms with Crippen LogP contribution in [0.3, 0.4) is 0 Å². The minimum Gasteiger partial charge on any atom is -0.438 e. The van der Waals surface area contributed by atoms with Gasteiger partial charge in [0.15, 0.2) is 0 Å². The topological polar surface area (TPSA) is 112 Å². The number of urea groups is 1. The molecule has 3 aliphatic rings. The van der Waals surface area contributed by atoms with Crippen LogP contribution in [0.4, 0.5) is 15.3 Å². The average Bonchev–Trinajstić information content (AvgIpc) is 3.66. The van der Waals surface area contributed by atoms with Crippen molar-refractivity contribution in [2.45, 2.75) is 50.8 Å². The fourth-order valence-electron chi connectivity index (χ4n) is 5.21. The summed E-state index contributed by atoms with van der Waals surface area (Å²) in [5, 5.41) is 14.0. The number of carbonyl (C=O) groups is 3. The number of halogens is 2. The van der Waals surface area contributed by atoms with E-state index in [0.717, 1.165) is 25.8 Å². The maximum absolute atomic E-state index is 13.4. The highest BCUT2D eigenvalue weighted by Gasteiger charge is 2.51. The van der Waals surface area contributed by atoms with Crippen molar-refractivity contribution in [2.75, 3.05) is 51.8 Å². The van der Waals surface area contributed by atoms with Gasteiger partial charge in [-0.3, -0.25) is 4.79 Å². The van der Waals surface area contributed by atoms with Crippen LogP contribution in [0.25, 0.3) is 0 Å². The van der Waals surface area contributed by atoms with Crippen molar-refractivity contribution in [3.8, 4) is 0 Å². The summed E-state index contributed by atoms with van der Waals surface area (Å²) in [6, 6.07) is 3.25. The Kier molecular flexibility index (Phi) is 8.73. The smallest absolute Gasteiger partial charge is 0.438 e. The largest absolute Gasteiger partial charge is 0.508 e. The Morgan fingerprint density at radius 1 is 1.19 bits per heavy atom. The second kappa shape index (κ2) is 11.6. The number of β-amino-alcohol motifs (C(OH)–C–C–N with tert-alkyl or cyclic N) is 1. The van der Waals surface area contributed by atoms with Gasteiger partial charge in [-0.1, -0.05) is 23.2 Å². The third kappa shape index (κ3) is 6.42. The number of aliphatic hydroxyl groups is 1. The van der Waals surface area contributed by atoms with Crippen LogP contribution in [0.5, 0.6) is 0 Å². The number of amides is 3. The highest BCUT2D eigenvalue weighted by Crippen LogP contribution is 2.53. The maximum atomic E-state index is 13.4. The van der Waals surface area contributed by atoms with E-state index in [-0.39, 0.29) is 30.1 Å². The third-order valence-electron chi connectivity index (χ3n) is 7.86. The zero-order valence-corrected chi connectivity index (χ0v) is 22.6. The Balaban J connectivity index is 1.37. The number of likely N-dealkylation sites (tertiary alicyclic amines) is 1. The van der Waals surface area contributed by atoms with Crippen LogP contribution in [0.2, 0.25) is 10.0 Å². The van der Waals surface area contributed by atoms with Crippen molar-refractivity contribution in [2.24, 2.45) is 5.41 Å². The summed E-state index contributed by atoms with van der Waals surface area (Å²) in [5.41, 5.74) is 0.589. The molecule has 0 bridgehead atoms. The van der Waals surface area contributed by atoms with E-state index in [1.165, 1.54) is 12.0 Å². The Hall–Kier alpha value is -2.27. The molecular formula is C25H34Cl2N4O6. The van der Waals surface area contributed by atoms with E-state index in [1.807, 2.05) is 0 Å². The van der Waals surface area contributed by atoms with Gasteiger partial charge in [0.25, 0.3) is 0 Å². The second-order valence-electron chi connectivity index (χ2n) is 10.1. The average molecular weight is 557 g/mol. The van der Waals surface area contributed by atoms with Crippen LogP contribution in [0.1, 0.15) is 32.6 Å². The Morgan fingerprint density at radius 3 is 2.59 bits per heavy atom. The SMILES string of the molecule is COC(=O)OCC(CCN1CCC2(CC2)C(O)C1)N1CCN(C(=O)Nc2ccc(Cl)c(Cl)c2)C(C)C1=O. The number of hydrogen-bond donors (Lipinski definition) is 2. The molecule has 1 aliphatic carbocycles. The van der Waals surface area contributed by atoms with Crippen molar-refractivity contribution in [3.05, 3.63) is 28.2 Å². The van der Waals surface area contributed by atoms with Crippen molar-refractivity contribution in [1.82, 2.24) is 14.7 Å². The molecule has 204 valence electrons. The van der Waals surface area contributed by atoms with Crippen molar-refractivity contribution in [1.29, 1.82) is 0 Å². The number of ether oxygens (including phenoxy) is 2. The number of piperazine rings is 1. The van der Waals surface area contributed by atoms with Gasteiger partial charge in [-0.15, -0.1) is 0 Å². The lowest BCUT2D eigenvalue weighted by Crippen LogP contribution is -2.61. The fourth-order valence-corrected chi connectivity index (χ4v) is 5.51. The molecule has 2 saturated heterocycles. The van der Waals surface area contributed by atoms with Gasteiger partial charge in [0.05, 0.1) is 29.3 Å². The quantitative estimate of drug-likeness (QED) is 0.494. The lowest BCUT2D eigenvalue weighted by molar-refractivity contribution is -0.143. The summed E-state index contributed by atoms with van der Waals surface area (Å²) in [6.45, 7) is 4.42. The zero-order valence-electron chi connectivity index (χ0n) is 21.1. The summed E-state index contributed by atoms with van der Waals surface area (Å²) < 4.78 is 9.84. The molecule has 2 aliphatic heterocycles. The van der Waals surface area contributed by atoms with Crippen LogP contribution in [0, 0.1) is 5.41 Å². The first-order valence-corrected chi connectivity index (χ1v) is 13.3. The highest BCUT2D eigenvalue weighted by atomic mass is 35.5. The van der Waals surface area contributed by atoms with Crippen LogP contribution in [0.15, 0.2) is 18.2 Å². The molecule has 3 amide bonds. The predicted molar refractivity (Wildman–Crippen MR) is 139 cm³/mol. The summed E-state index contributed by atoms with van der Waals surface area (Å²) >= 11 is 12.0. The number of aliphatic hydroxyl groups excluding tert-OH is 1. The molecular weight excluding hydrogens is 523 g/mol. The van der Waals surface area contributed by atoms with E-state index in [1.54, 1.807) is 30.0 Å². The molecule has 0 radical (unpaired) electrons. The van der Waals surface area contributed by atoms with Crippen LogP contribution < -0.4 is 5.32 Å². The van der Waals surface area contributed by atoms with Crippen LogP contribution in [-0.2, 0) is 14.3 Å². The number of nitrogens with zero attached hydrogens (tertiary/aromatic N) is 3. The second-order valence-corrected chi connectivity index (χ2v) is 10.9. The minimum atomic E-state index is -0.811. The van der Waals surface area contributed by atoms with E-state index in [4.69, 9.17) is 27.9 Å². The number of hydrogen-bond acceptors (Lipinski definition) is 7. The normalized spacial score (nSPS) is 24.1. The van der Waals surface area contributed by atoms with Crippen LogP contribution >= 0.6 is 23.2 Å². The van der Waals surface area contributed by atoms with Gasteiger partial charge in [-0.2, -0.15) is 0 Å². The summed E-state index contributed by atoms with van der Waals surface area (Å²) in [7, 11) is 1.23. The lowest BCUT2D eigenvalue weighted by atomic mass is 9.90. The Bertz CT molecular complexity index is 1020. The maximum Gasteiger partial charge on any atom is 0.508 e. The first-order valence-electron chi connectivity index (χ1n) is 12.6. The molecule has 1 aromatic rings. The first kappa shape index (κ1) is 27.8. The van der Waals surface area contributed by atoms with Gasteiger partial charge in [0.2, 0.25) is 5.91 Å². The van der Waals surface area contributed by atoms with E-state index in [9.17, 15) is 19.5 Å². The Labute approximate surface area is 226 Å². The number of carbonyl (C=O) groups excluding carboxylic acids is 3. The number of anilines is 1.